The van der Waals surface area contributed by atoms with Crippen molar-refractivity contribution in [2.45, 2.75) is 46.5 Å². The second-order valence-corrected chi connectivity index (χ2v) is 5.47. The summed E-state index contributed by atoms with van der Waals surface area (Å²) in [7, 11) is 0. The van der Waals surface area contributed by atoms with E-state index in [0.717, 1.165) is 0 Å². The Morgan fingerprint density at radius 1 is 1.14 bits per heavy atom. The highest BCUT2D eigenvalue weighted by atomic mass is 14.3. The van der Waals surface area contributed by atoms with Gasteiger partial charge in [-0.2, -0.15) is 0 Å². The van der Waals surface area contributed by atoms with Gasteiger partial charge in [-0.3, -0.25) is 0 Å². The lowest BCUT2D eigenvalue weighted by Crippen LogP contribution is -2.13. The molecule has 0 aromatic heterocycles. The van der Waals surface area contributed by atoms with Gasteiger partial charge in [0, 0.05) is 0 Å². The first kappa shape index (κ1) is 9.76. The summed E-state index contributed by atoms with van der Waals surface area (Å²) in [4.78, 5) is 0. The first-order valence-corrected chi connectivity index (χ1v) is 5.65. The second-order valence-electron chi connectivity index (χ2n) is 5.47. The molecule has 0 atom stereocenters. The lowest BCUT2D eigenvalue weighted by Gasteiger charge is -2.22. The summed E-state index contributed by atoms with van der Waals surface area (Å²) in [5.74, 6) is 0. The molecule has 1 aliphatic rings. The third kappa shape index (κ3) is 2.00. The van der Waals surface area contributed by atoms with Crippen LogP contribution in [-0.4, -0.2) is 0 Å². The molecule has 0 bridgehead atoms. The van der Waals surface area contributed by atoms with Gasteiger partial charge in [-0.15, -0.1) is 0 Å². The summed E-state index contributed by atoms with van der Waals surface area (Å²) in [6, 6.07) is 6.95. The summed E-state index contributed by atoms with van der Waals surface area (Å²) < 4.78 is 0. The van der Waals surface area contributed by atoms with Crippen LogP contribution in [0.3, 0.4) is 0 Å². The van der Waals surface area contributed by atoms with Gasteiger partial charge < -0.3 is 0 Å². The Kier molecular flexibility index (Phi) is 2.38. The average Bonchev–Trinajstić information content (AvgIpc) is 2.22. The van der Waals surface area contributed by atoms with E-state index in [1.165, 1.54) is 31.2 Å². The molecule has 1 aliphatic carbocycles. The molecule has 0 saturated heterocycles. The van der Waals surface area contributed by atoms with E-state index < -0.39 is 0 Å². The minimum Gasteiger partial charge on any atom is -0.0596 e. The normalized spacial score (nSPS) is 19.9. The maximum absolute atomic E-state index is 2.39. The molecule has 0 amide bonds. The molecule has 76 valence electrons. The Morgan fingerprint density at radius 3 is 2.71 bits per heavy atom. The molecular weight excluding hydrogens is 168 g/mol. The van der Waals surface area contributed by atoms with Gasteiger partial charge in [0.1, 0.15) is 0 Å². The molecule has 0 heteroatoms. The molecular formula is C14H20. The molecule has 0 spiro atoms. The standard InChI is InChI=1S/C14H20/c1-11-6-7-13-10-14(2,3)8-4-5-12(13)9-11/h6-7,9H,4-5,8,10H2,1-3H3. The molecule has 14 heavy (non-hydrogen) atoms. The molecule has 0 aliphatic heterocycles. The van der Waals surface area contributed by atoms with Crippen molar-refractivity contribution >= 4 is 0 Å². The maximum atomic E-state index is 2.39. The molecule has 0 unspecified atom stereocenters. The van der Waals surface area contributed by atoms with Crippen LogP contribution in [0.5, 0.6) is 0 Å². The predicted molar refractivity (Wildman–Crippen MR) is 61.6 cm³/mol. The van der Waals surface area contributed by atoms with Crippen molar-refractivity contribution in [3.63, 3.8) is 0 Å². The van der Waals surface area contributed by atoms with E-state index >= 15 is 0 Å². The minimum atomic E-state index is 0.501. The summed E-state index contributed by atoms with van der Waals surface area (Å²) in [5.41, 5.74) is 5.08. The maximum Gasteiger partial charge on any atom is -0.0225 e. The Bertz CT molecular complexity index is 334. The number of benzene rings is 1. The van der Waals surface area contributed by atoms with Gasteiger partial charge in [-0.25, -0.2) is 0 Å². The topological polar surface area (TPSA) is 0 Å². The fourth-order valence-corrected chi connectivity index (χ4v) is 2.52. The van der Waals surface area contributed by atoms with Gasteiger partial charge in [0.05, 0.1) is 0 Å². The monoisotopic (exact) mass is 188 g/mol. The van der Waals surface area contributed by atoms with Crippen LogP contribution >= 0.6 is 0 Å². The highest BCUT2D eigenvalue weighted by Gasteiger charge is 2.22. The lowest BCUT2D eigenvalue weighted by molar-refractivity contribution is 0.333. The second kappa shape index (κ2) is 3.42. The van der Waals surface area contributed by atoms with E-state index in [-0.39, 0.29) is 0 Å². The van der Waals surface area contributed by atoms with E-state index in [9.17, 15) is 0 Å². The number of hydrogen-bond acceptors (Lipinski definition) is 0. The van der Waals surface area contributed by atoms with Crippen molar-refractivity contribution in [2.24, 2.45) is 5.41 Å². The van der Waals surface area contributed by atoms with E-state index in [4.69, 9.17) is 0 Å². The third-order valence-corrected chi connectivity index (χ3v) is 3.33. The average molecular weight is 188 g/mol. The van der Waals surface area contributed by atoms with Gasteiger partial charge in [-0.05, 0) is 49.1 Å². The molecule has 0 heterocycles. The van der Waals surface area contributed by atoms with Crippen LogP contribution in [0.25, 0.3) is 0 Å². The van der Waals surface area contributed by atoms with E-state index in [2.05, 4.69) is 39.0 Å². The van der Waals surface area contributed by atoms with Gasteiger partial charge >= 0.3 is 0 Å². The fourth-order valence-electron chi connectivity index (χ4n) is 2.52. The summed E-state index contributed by atoms with van der Waals surface area (Å²) in [6.07, 6.45) is 5.24. The van der Waals surface area contributed by atoms with Gasteiger partial charge in [0.25, 0.3) is 0 Å². The molecule has 0 radical (unpaired) electrons. The SMILES string of the molecule is Cc1ccc2c(c1)CCCC(C)(C)C2. The van der Waals surface area contributed by atoms with E-state index in [0.29, 0.717) is 5.41 Å². The smallest absolute Gasteiger partial charge is 0.0225 e. The van der Waals surface area contributed by atoms with Gasteiger partial charge in [0.15, 0.2) is 0 Å². The molecule has 0 N–H and O–H groups in total. The zero-order valence-electron chi connectivity index (χ0n) is 9.56. The minimum absolute atomic E-state index is 0.501. The van der Waals surface area contributed by atoms with Crippen molar-refractivity contribution in [3.05, 3.63) is 34.9 Å². The van der Waals surface area contributed by atoms with Crippen LogP contribution in [0.2, 0.25) is 0 Å². The van der Waals surface area contributed by atoms with Crippen molar-refractivity contribution in [1.29, 1.82) is 0 Å². The van der Waals surface area contributed by atoms with Crippen molar-refractivity contribution in [3.8, 4) is 0 Å². The summed E-state index contributed by atoms with van der Waals surface area (Å²) in [5, 5.41) is 0. The Hall–Kier alpha value is -0.780. The van der Waals surface area contributed by atoms with Crippen molar-refractivity contribution in [2.75, 3.05) is 0 Å². The van der Waals surface area contributed by atoms with Gasteiger partial charge in [-0.1, -0.05) is 37.6 Å². The molecule has 0 nitrogen and oxygen atoms in total. The predicted octanol–water partition coefficient (Wildman–Crippen LogP) is 3.90. The zero-order valence-corrected chi connectivity index (χ0v) is 9.56. The quantitative estimate of drug-likeness (QED) is 0.542. The number of aryl methyl sites for hydroxylation is 2. The van der Waals surface area contributed by atoms with Crippen LogP contribution in [0.15, 0.2) is 18.2 Å². The third-order valence-electron chi connectivity index (χ3n) is 3.33. The molecule has 2 rings (SSSR count). The first-order valence-electron chi connectivity index (χ1n) is 5.65. The van der Waals surface area contributed by atoms with Crippen LogP contribution in [0.4, 0.5) is 0 Å². The zero-order chi connectivity index (χ0) is 10.2. The molecule has 1 aromatic carbocycles. The lowest BCUT2D eigenvalue weighted by atomic mass is 9.83. The number of rotatable bonds is 0. The van der Waals surface area contributed by atoms with Crippen molar-refractivity contribution in [1.82, 2.24) is 0 Å². The van der Waals surface area contributed by atoms with Crippen LogP contribution in [0.1, 0.15) is 43.4 Å². The van der Waals surface area contributed by atoms with Crippen LogP contribution in [0, 0.1) is 12.3 Å². The molecule has 1 aromatic rings. The first-order chi connectivity index (χ1) is 6.57. The number of fused-ring (bicyclic) bond motifs is 1. The Morgan fingerprint density at radius 2 is 1.93 bits per heavy atom. The molecule has 0 saturated carbocycles. The Labute approximate surface area is 87.3 Å². The van der Waals surface area contributed by atoms with E-state index in [1.54, 1.807) is 11.1 Å². The van der Waals surface area contributed by atoms with E-state index in [1.807, 2.05) is 0 Å². The molecule has 0 fully saturated rings. The van der Waals surface area contributed by atoms with Crippen LogP contribution in [-0.2, 0) is 12.8 Å². The highest BCUT2D eigenvalue weighted by molar-refractivity contribution is 5.33. The Balaban J connectivity index is 2.37. The van der Waals surface area contributed by atoms with Gasteiger partial charge in [0.2, 0.25) is 0 Å². The summed E-state index contributed by atoms with van der Waals surface area (Å²) in [6.45, 7) is 6.97. The highest BCUT2D eigenvalue weighted by Crippen LogP contribution is 2.33. The fraction of sp³-hybridized carbons (Fsp3) is 0.571. The van der Waals surface area contributed by atoms with Crippen LogP contribution < -0.4 is 0 Å². The number of hydrogen-bond donors (Lipinski definition) is 0. The largest absolute Gasteiger partial charge is 0.0596 e. The van der Waals surface area contributed by atoms with Crippen molar-refractivity contribution < 1.29 is 0 Å². The summed E-state index contributed by atoms with van der Waals surface area (Å²) >= 11 is 0.